The van der Waals surface area contributed by atoms with Gasteiger partial charge in [0.2, 0.25) is 0 Å². The van der Waals surface area contributed by atoms with Crippen molar-refractivity contribution in [2.24, 2.45) is 0 Å². The highest BCUT2D eigenvalue weighted by Crippen LogP contribution is 2.26. The van der Waals surface area contributed by atoms with E-state index in [9.17, 15) is 22.8 Å². The van der Waals surface area contributed by atoms with Crippen molar-refractivity contribution in [2.45, 2.75) is 6.18 Å². The molecule has 1 N–H and O–H groups in total. The number of nitrogens with one attached hydrogen (secondary N) is 1. The van der Waals surface area contributed by atoms with Crippen molar-refractivity contribution < 1.29 is 27.2 Å². The standard InChI is InChI=1S/C23H19BrF3N3O3/c24-16-3-1-15(2-4-16)19-9-10-20(33-19)21(31)28-17-5-7-18(8-6-17)29-11-13-30(14-12-29)22(32)23(25,26)27/h1-10H,11-14H2,(H,28,31). The predicted molar refractivity (Wildman–Crippen MR) is 121 cm³/mol. The number of rotatable bonds is 4. The zero-order valence-electron chi connectivity index (χ0n) is 17.2. The van der Waals surface area contributed by atoms with Gasteiger partial charge in [-0.2, -0.15) is 13.2 Å². The molecule has 3 aromatic rings. The maximum Gasteiger partial charge on any atom is 0.471 e. The molecular formula is C23H19BrF3N3O3. The molecule has 2 heterocycles. The Morgan fingerprint density at radius 3 is 2.12 bits per heavy atom. The van der Waals surface area contributed by atoms with Gasteiger partial charge in [0.25, 0.3) is 5.91 Å². The van der Waals surface area contributed by atoms with Crippen LogP contribution in [0, 0.1) is 0 Å². The van der Waals surface area contributed by atoms with Gasteiger partial charge in [-0.15, -0.1) is 0 Å². The van der Waals surface area contributed by atoms with Crippen LogP contribution in [0.15, 0.2) is 69.6 Å². The summed E-state index contributed by atoms with van der Waals surface area (Å²) in [6, 6.07) is 17.8. The summed E-state index contributed by atoms with van der Waals surface area (Å²) in [7, 11) is 0. The highest BCUT2D eigenvalue weighted by atomic mass is 79.9. The van der Waals surface area contributed by atoms with Gasteiger partial charge in [0.05, 0.1) is 0 Å². The predicted octanol–water partition coefficient (Wildman–Crippen LogP) is 5.17. The van der Waals surface area contributed by atoms with Crippen LogP contribution in [0.2, 0.25) is 0 Å². The Morgan fingerprint density at radius 2 is 1.52 bits per heavy atom. The number of halogens is 4. The lowest BCUT2D eigenvalue weighted by Gasteiger charge is -2.36. The van der Waals surface area contributed by atoms with Gasteiger partial charge in [-0.3, -0.25) is 9.59 Å². The number of piperazine rings is 1. The first-order valence-electron chi connectivity index (χ1n) is 10.1. The number of carbonyl (C=O) groups excluding carboxylic acids is 2. The minimum atomic E-state index is -4.85. The molecule has 0 spiro atoms. The number of furan rings is 1. The summed E-state index contributed by atoms with van der Waals surface area (Å²) in [6.45, 7) is 0.573. The van der Waals surface area contributed by atoms with E-state index in [0.29, 0.717) is 24.5 Å². The highest BCUT2D eigenvalue weighted by Gasteiger charge is 2.43. The molecule has 0 aliphatic carbocycles. The van der Waals surface area contributed by atoms with Crippen molar-refractivity contribution in [1.82, 2.24) is 4.90 Å². The molecule has 0 atom stereocenters. The quantitative estimate of drug-likeness (QED) is 0.514. The van der Waals surface area contributed by atoms with Gasteiger partial charge in [-0.25, -0.2) is 0 Å². The summed E-state index contributed by atoms with van der Waals surface area (Å²) in [4.78, 5) is 26.6. The molecule has 10 heteroatoms. The lowest BCUT2D eigenvalue weighted by atomic mass is 10.2. The third-order valence-corrected chi connectivity index (χ3v) is 5.79. The first kappa shape index (κ1) is 22.9. The van der Waals surface area contributed by atoms with Crippen LogP contribution < -0.4 is 10.2 Å². The fourth-order valence-electron chi connectivity index (χ4n) is 3.52. The van der Waals surface area contributed by atoms with E-state index in [1.54, 1.807) is 36.4 Å². The van der Waals surface area contributed by atoms with Crippen LogP contribution in [0.4, 0.5) is 24.5 Å². The molecule has 0 radical (unpaired) electrons. The van der Waals surface area contributed by atoms with E-state index in [0.717, 1.165) is 20.6 Å². The average Bonchev–Trinajstić information content (AvgIpc) is 3.30. The zero-order valence-corrected chi connectivity index (χ0v) is 18.8. The number of benzene rings is 2. The summed E-state index contributed by atoms with van der Waals surface area (Å²) in [6.07, 6.45) is -4.85. The maximum absolute atomic E-state index is 12.6. The van der Waals surface area contributed by atoms with Crippen LogP contribution >= 0.6 is 15.9 Å². The second-order valence-corrected chi connectivity index (χ2v) is 8.36. The Balaban J connectivity index is 1.34. The molecule has 1 aromatic heterocycles. The Kier molecular flexibility index (Phi) is 6.46. The van der Waals surface area contributed by atoms with Crippen molar-refractivity contribution >= 4 is 39.1 Å². The number of anilines is 2. The summed E-state index contributed by atoms with van der Waals surface area (Å²) in [5, 5.41) is 2.76. The minimum Gasteiger partial charge on any atom is -0.451 e. The van der Waals surface area contributed by atoms with E-state index < -0.39 is 18.0 Å². The van der Waals surface area contributed by atoms with Gasteiger partial charge in [-0.1, -0.05) is 28.1 Å². The van der Waals surface area contributed by atoms with Gasteiger partial charge in [-0.05, 0) is 48.5 Å². The van der Waals surface area contributed by atoms with Crippen LogP contribution in [0.3, 0.4) is 0 Å². The van der Waals surface area contributed by atoms with Gasteiger partial charge in [0, 0.05) is 47.6 Å². The first-order valence-corrected chi connectivity index (χ1v) is 10.9. The Labute approximate surface area is 196 Å². The molecule has 172 valence electrons. The molecule has 1 aliphatic heterocycles. The molecule has 6 nitrogen and oxygen atoms in total. The highest BCUT2D eigenvalue weighted by molar-refractivity contribution is 9.10. The normalized spacial score (nSPS) is 14.3. The number of hydrogen-bond acceptors (Lipinski definition) is 4. The molecule has 0 saturated carbocycles. The third kappa shape index (κ3) is 5.39. The molecular weight excluding hydrogens is 503 g/mol. The molecule has 2 amide bonds. The number of amides is 2. The van der Waals surface area contributed by atoms with Crippen LogP contribution in [0.1, 0.15) is 10.6 Å². The zero-order chi connectivity index (χ0) is 23.6. The fourth-order valence-corrected chi connectivity index (χ4v) is 3.79. The summed E-state index contributed by atoms with van der Waals surface area (Å²) >= 11 is 3.37. The molecule has 4 rings (SSSR count). The molecule has 1 aliphatic rings. The van der Waals surface area contributed by atoms with Crippen molar-refractivity contribution in [3.8, 4) is 11.3 Å². The lowest BCUT2D eigenvalue weighted by Crippen LogP contribution is -2.52. The van der Waals surface area contributed by atoms with E-state index in [-0.39, 0.29) is 18.8 Å². The first-order chi connectivity index (χ1) is 15.7. The topological polar surface area (TPSA) is 65.8 Å². The summed E-state index contributed by atoms with van der Waals surface area (Å²) < 4.78 is 44.3. The summed E-state index contributed by atoms with van der Waals surface area (Å²) in [5.41, 5.74) is 2.19. The maximum atomic E-state index is 12.6. The van der Waals surface area contributed by atoms with E-state index in [4.69, 9.17) is 4.42 Å². The van der Waals surface area contributed by atoms with Crippen LogP contribution in [-0.4, -0.2) is 49.1 Å². The van der Waals surface area contributed by atoms with Crippen molar-refractivity contribution in [1.29, 1.82) is 0 Å². The number of hydrogen-bond donors (Lipinski definition) is 1. The van der Waals surface area contributed by atoms with Crippen LogP contribution in [0.25, 0.3) is 11.3 Å². The number of carbonyl (C=O) groups is 2. The molecule has 1 saturated heterocycles. The molecule has 1 fully saturated rings. The van der Waals surface area contributed by atoms with Gasteiger partial charge < -0.3 is 19.5 Å². The second-order valence-electron chi connectivity index (χ2n) is 7.45. The summed E-state index contributed by atoms with van der Waals surface area (Å²) in [5.74, 6) is -1.46. The SMILES string of the molecule is O=C(Nc1ccc(N2CCN(C(=O)C(F)(F)F)CC2)cc1)c1ccc(-c2ccc(Br)cc2)o1. The van der Waals surface area contributed by atoms with Crippen molar-refractivity contribution in [2.75, 3.05) is 36.4 Å². The average molecular weight is 522 g/mol. The lowest BCUT2D eigenvalue weighted by molar-refractivity contribution is -0.185. The molecule has 0 bridgehead atoms. The van der Waals surface area contributed by atoms with Crippen molar-refractivity contribution in [3.63, 3.8) is 0 Å². The molecule has 33 heavy (non-hydrogen) atoms. The van der Waals surface area contributed by atoms with E-state index in [2.05, 4.69) is 21.2 Å². The van der Waals surface area contributed by atoms with Crippen LogP contribution in [-0.2, 0) is 4.79 Å². The Morgan fingerprint density at radius 1 is 0.879 bits per heavy atom. The van der Waals surface area contributed by atoms with Crippen LogP contribution in [0.5, 0.6) is 0 Å². The largest absolute Gasteiger partial charge is 0.471 e. The second kappa shape index (κ2) is 9.30. The number of alkyl halides is 3. The molecule has 0 unspecified atom stereocenters. The molecule has 2 aromatic carbocycles. The fraction of sp³-hybridized carbons (Fsp3) is 0.217. The van der Waals surface area contributed by atoms with Crippen molar-refractivity contribution in [3.05, 3.63) is 70.9 Å². The Bertz CT molecular complexity index is 1140. The Hall–Kier alpha value is -3.27. The smallest absolute Gasteiger partial charge is 0.451 e. The minimum absolute atomic E-state index is 0.00394. The van der Waals surface area contributed by atoms with Gasteiger partial charge in [0.15, 0.2) is 5.76 Å². The monoisotopic (exact) mass is 521 g/mol. The number of nitrogens with zero attached hydrogens (tertiary/aromatic N) is 2. The van der Waals surface area contributed by atoms with E-state index >= 15 is 0 Å². The van der Waals surface area contributed by atoms with Gasteiger partial charge in [0.1, 0.15) is 5.76 Å². The van der Waals surface area contributed by atoms with E-state index in [1.165, 1.54) is 0 Å². The van der Waals surface area contributed by atoms with Gasteiger partial charge >= 0.3 is 12.1 Å². The van der Waals surface area contributed by atoms with E-state index in [1.807, 2.05) is 29.2 Å². The third-order valence-electron chi connectivity index (χ3n) is 5.26.